The third-order valence-corrected chi connectivity index (χ3v) is 4.14. The van der Waals surface area contributed by atoms with Gasteiger partial charge in [-0.3, -0.25) is 9.13 Å². The van der Waals surface area contributed by atoms with Crippen LogP contribution in [0.2, 0.25) is 0 Å². The lowest BCUT2D eigenvalue weighted by Gasteiger charge is -2.14. The lowest BCUT2D eigenvalue weighted by molar-refractivity contribution is -0.140. The molecule has 0 aliphatic heterocycles. The van der Waals surface area contributed by atoms with E-state index in [9.17, 15) is 23.1 Å². The van der Waals surface area contributed by atoms with Crippen LogP contribution in [0.1, 0.15) is 24.5 Å². The van der Waals surface area contributed by atoms with Crippen LogP contribution in [-0.2, 0) is 14.1 Å². The van der Waals surface area contributed by atoms with Crippen molar-refractivity contribution in [1.29, 1.82) is 0 Å². The van der Waals surface area contributed by atoms with Crippen LogP contribution in [-0.4, -0.2) is 20.4 Å². The molecule has 0 aliphatic carbocycles. The molecule has 0 amide bonds. The molecular formula is C13H14BrF3N2O2. The van der Waals surface area contributed by atoms with E-state index < -0.39 is 25.1 Å². The number of hydrogen-bond acceptors (Lipinski definition) is 2. The van der Waals surface area contributed by atoms with Crippen molar-refractivity contribution in [2.45, 2.75) is 25.1 Å². The highest BCUT2D eigenvalue weighted by Crippen LogP contribution is 2.33. The number of nitrogens with zero attached hydrogens (tertiary/aromatic N) is 2. The molecular weight excluding hydrogens is 353 g/mol. The number of aliphatic hydroxyl groups excluding tert-OH is 1. The number of alkyl halides is 3. The molecule has 0 fully saturated rings. The van der Waals surface area contributed by atoms with Crippen LogP contribution in [0.15, 0.2) is 21.4 Å². The van der Waals surface area contributed by atoms with E-state index in [2.05, 4.69) is 15.9 Å². The smallest absolute Gasteiger partial charge is 0.388 e. The van der Waals surface area contributed by atoms with Crippen LogP contribution in [0.25, 0.3) is 11.0 Å². The lowest BCUT2D eigenvalue weighted by atomic mass is 10.0. The van der Waals surface area contributed by atoms with Crippen molar-refractivity contribution in [3.05, 3.63) is 32.7 Å². The molecule has 21 heavy (non-hydrogen) atoms. The van der Waals surface area contributed by atoms with Gasteiger partial charge in [-0.1, -0.05) is 15.9 Å². The maximum atomic E-state index is 12.2. The van der Waals surface area contributed by atoms with Gasteiger partial charge in [-0.25, -0.2) is 4.79 Å². The van der Waals surface area contributed by atoms with Gasteiger partial charge in [-0.2, -0.15) is 13.2 Å². The zero-order chi connectivity index (χ0) is 15.9. The van der Waals surface area contributed by atoms with Gasteiger partial charge in [-0.15, -0.1) is 0 Å². The summed E-state index contributed by atoms with van der Waals surface area (Å²) in [6.45, 7) is 0. The van der Waals surface area contributed by atoms with E-state index in [-0.39, 0.29) is 5.69 Å². The van der Waals surface area contributed by atoms with E-state index in [1.165, 1.54) is 9.13 Å². The summed E-state index contributed by atoms with van der Waals surface area (Å²) in [6.07, 6.45) is -7.04. The van der Waals surface area contributed by atoms with Gasteiger partial charge in [0.2, 0.25) is 0 Å². The third-order valence-electron chi connectivity index (χ3n) is 3.45. The maximum Gasteiger partial charge on any atom is 0.389 e. The fraction of sp³-hybridized carbons (Fsp3) is 0.462. The van der Waals surface area contributed by atoms with E-state index in [0.717, 1.165) is 0 Å². The molecule has 2 aromatic rings. The molecule has 8 heteroatoms. The Hall–Kier alpha value is -1.28. The first-order valence-corrected chi connectivity index (χ1v) is 7.01. The molecule has 1 aromatic carbocycles. The average Bonchev–Trinajstić information content (AvgIpc) is 2.59. The molecule has 1 aromatic heterocycles. The van der Waals surface area contributed by atoms with Crippen molar-refractivity contribution in [2.24, 2.45) is 14.1 Å². The van der Waals surface area contributed by atoms with Crippen LogP contribution in [0.3, 0.4) is 0 Å². The summed E-state index contributed by atoms with van der Waals surface area (Å²) in [5.74, 6) is 0. The molecule has 0 saturated heterocycles. The second kappa shape index (κ2) is 5.49. The summed E-state index contributed by atoms with van der Waals surface area (Å²) in [5.41, 5.74) is 1.31. The minimum Gasteiger partial charge on any atom is -0.388 e. The fourth-order valence-electron chi connectivity index (χ4n) is 2.25. The Morgan fingerprint density at radius 3 is 2.29 bits per heavy atom. The Balaban J connectivity index is 2.43. The van der Waals surface area contributed by atoms with Crippen LogP contribution in [0.5, 0.6) is 0 Å². The van der Waals surface area contributed by atoms with Gasteiger partial charge in [-0.05, 0) is 24.1 Å². The highest BCUT2D eigenvalue weighted by molar-refractivity contribution is 9.10. The second-order valence-corrected chi connectivity index (χ2v) is 5.79. The summed E-state index contributed by atoms with van der Waals surface area (Å²) >= 11 is 3.24. The van der Waals surface area contributed by atoms with Crippen molar-refractivity contribution < 1.29 is 18.3 Å². The number of halogens is 4. The number of fused-ring (bicyclic) bond motifs is 1. The van der Waals surface area contributed by atoms with Gasteiger partial charge >= 0.3 is 11.9 Å². The normalized spacial score (nSPS) is 13.9. The van der Waals surface area contributed by atoms with E-state index in [1.54, 1.807) is 26.2 Å². The molecule has 4 nitrogen and oxygen atoms in total. The highest BCUT2D eigenvalue weighted by atomic mass is 79.9. The van der Waals surface area contributed by atoms with Gasteiger partial charge in [0.15, 0.2) is 0 Å². The molecule has 0 bridgehead atoms. The quantitative estimate of drug-likeness (QED) is 0.907. The molecule has 116 valence electrons. The second-order valence-electron chi connectivity index (χ2n) is 4.93. The number of benzene rings is 1. The van der Waals surface area contributed by atoms with Gasteiger partial charge in [0.1, 0.15) is 0 Å². The molecule has 1 unspecified atom stereocenters. The van der Waals surface area contributed by atoms with Gasteiger partial charge in [0.25, 0.3) is 0 Å². The molecule has 1 atom stereocenters. The largest absolute Gasteiger partial charge is 0.389 e. The Bertz CT molecular complexity index is 734. The molecule has 1 N–H and O–H groups in total. The molecule has 0 radical (unpaired) electrons. The van der Waals surface area contributed by atoms with Crippen molar-refractivity contribution in [3.63, 3.8) is 0 Å². The van der Waals surface area contributed by atoms with Crippen molar-refractivity contribution in [3.8, 4) is 0 Å². The van der Waals surface area contributed by atoms with E-state index in [4.69, 9.17) is 0 Å². The summed E-state index contributed by atoms with van der Waals surface area (Å²) in [7, 11) is 3.18. The first-order valence-electron chi connectivity index (χ1n) is 6.21. The molecule has 2 rings (SSSR count). The lowest BCUT2D eigenvalue weighted by Crippen LogP contribution is -2.19. The predicted molar refractivity (Wildman–Crippen MR) is 76.1 cm³/mol. The number of aliphatic hydroxyl groups is 1. The van der Waals surface area contributed by atoms with Crippen LogP contribution in [0, 0.1) is 0 Å². The van der Waals surface area contributed by atoms with Gasteiger partial charge < -0.3 is 5.11 Å². The van der Waals surface area contributed by atoms with Crippen LogP contribution < -0.4 is 5.69 Å². The summed E-state index contributed by atoms with van der Waals surface area (Å²) in [5, 5.41) is 9.97. The Morgan fingerprint density at radius 2 is 1.76 bits per heavy atom. The first kappa shape index (κ1) is 16.1. The van der Waals surface area contributed by atoms with Crippen LogP contribution >= 0.6 is 15.9 Å². The minimum absolute atomic E-state index is 0.237. The van der Waals surface area contributed by atoms with Crippen molar-refractivity contribution >= 4 is 27.0 Å². The standard InChI is InChI=1S/C13H14BrF3N2O2/c1-18-9-5-7(11(20)3-4-13(15,16)17)8(14)6-10(9)19(2)12(18)21/h5-6,11,20H,3-4H2,1-2H3. The Morgan fingerprint density at radius 1 is 1.24 bits per heavy atom. The molecule has 0 aliphatic rings. The van der Waals surface area contributed by atoms with E-state index in [1.807, 2.05) is 0 Å². The number of aromatic nitrogens is 2. The summed E-state index contributed by atoms with van der Waals surface area (Å²) in [6, 6.07) is 3.17. The number of imidazole rings is 1. The summed E-state index contributed by atoms with van der Waals surface area (Å²) in [4.78, 5) is 11.8. The molecule has 0 spiro atoms. The third kappa shape index (κ3) is 3.16. The van der Waals surface area contributed by atoms with E-state index in [0.29, 0.717) is 21.1 Å². The number of rotatable bonds is 3. The van der Waals surface area contributed by atoms with Crippen molar-refractivity contribution in [1.82, 2.24) is 9.13 Å². The zero-order valence-corrected chi connectivity index (χ0v) is 13.0. The Labute approximate surface area is 126 Å². The minimum atomic E-state index is -4.31. The zero-order valence-electron chi connectivity index (χ0n) is 11.4. The molecule has 1 heterocycles. The maximum absolute atomic E-state index is 12.2. The van der Waals surface area contributed by atoms with Crippen LogP contribution in [0.4, 0.5) is 13.2 Å². The summed E-state index contributed by atoms with van der Waals surface area (Å²) < 4.78 is 40.0. The van der Waals surface area contributed by atoms with E-state index >= 15 is 0 Å². The number of aryl methyl sites for hydroxylation is 2. The predicted octanol–water partition coefficient (Wildman–Crippen LogP) is 3.02. The number of hydrogen-bond donors (Lipinski definition) is 1. The topological polar surface area (TPSA) is 47.2 Å². The van der Waals surface area contributed by atoms with Crippen molar-refractivity contribution in [2.75, 3.05) is 0 Å². The molecule has 0 saturated carbocycles. The fourth-order valence-corrected chi connectivity index (χ4v) is 2.84. The highest BCUT2D eigenvalue weighted by Gasteiger charge is 2.29. The average molecular weight is 367 g/mol. The van der Waals surface area contributed by atoms with Gasteiger partial charge in [0.05, 0.1) is 17.1 Å². The Kier molecular flexibility index (Phi) is 4.21. The van der Waals surface area contributed by atoms with Gasteiger partial charge in [0, 0.05) is 25.0 Å². The monoisotopic (exact) mass is 366 g/mol. The SMILES string of the molecule is Cn1c(=O)n(C)c2cc(C(O)CCC(F)(F)F)c(Br)cc21. The first-order chi connectivity index (χ1) is 9.61.